The minimum atomic E-state index is 0.758. The van der Waals surface area contributed by atoms with Crippen molar-refractivity contribution in [3.63, 3.8) is 0 Å². The van der Waals surface area contributed by atoms with Crippen LogP contribution >= 0.6 is 0 Å². The number of hydrogen-bond donors (Lipinski definition) is 1. The number of nitrogens with one attached hydrogen (secondary N) is 1. The Kier molecular flexibility index (Phi) is 3.59. The molecule has 0 radical (unpaired) electrons. The van der Waals surface area contributed by atoms with Gasteiger partial charge in [0.1, 0.15) is 0 Å². The van der Waals surface area contributed by atoms with Crippen molar-refractivity contribution >= 4 is 0 Å². The van der Waals surface area contributed by atoms with E-state index in [1.54, 1.807) is 18.7 Å². The molecule has 0 spiro atoms. The number of hydrogen-bond acceptors (Lipinski definition) is 5. The summed E-state index contributed by atoms with van der Waals surface area (Å²) in [4.78, 5) is 23.3. The van der Waals surface area contributed by atoms with Gasteiger partial charge in [0.15, 0.2) is 5.82 Å². The number of imidazole rings is 1. The summed E-state index contributed by atoms with van der Waals surface area (Å²) in [5.41, 5.74) is 5.57. The van der Waals surface area contributed by atoms with E-state index in [9.17, 15) is 0 Å². The Balaban J connectivity index is 1.53. The molecule has 3 aromatic heterocycles. The highest BCUT2D eigenvalue weighted by atomic mass is 15.1. The molecule has 0 aliphatic carbocycles. The Bertz CT molecular complexity index is 811. The highest BCUT2D eigenvalue weighted by molar-refractivity contribution is 5.53. The number of aromatic nitrogens is 5. The molecule has 6 heteroatoms. The number of rotatable bonds is 3. The molecule has 0 saturated heterocycles. The molecule has 1 aliphatic rings. The topological polar surface area (TPSA) is 70.6 Å². The first-order chi connectivity index (χ1) is 11.3. The number of H-pyrrole nitrogens is 1. The first-order valence-electron chi connectivity index (χ1n) is 7.76. The van der Waals surface area contributed by atoms with Crippen LogP contribution in [-0.4, -0.2) is 36.4 Å². The van der Waals surface area contributed by atoms with E-state index in [0.29, 0.717) is 0 Å². The van der Waals surface area contributed by atoms with Gasteiger partial charge in [-0.1, -0.05) is 0 Å². The van der Waals surface area contributed by atoms with Gasteiger partial charge >= 0.3 is 0 Å². The van der Waals surface area contributed by atoms with Gasteiger partial charge in [-0.05, 0) is 19.1 Å². The van der Waals surface area contributed by atoms with Crippen molar-refractivity contribution in [2.45, 2.75) is 26.4 Å². The molecule has 4 heterocycles. The van der Waals surface area contributed by atoms with Gasteiger partial charge in [0.25, 0.3) is 0 Å². The van der Waals surface area contributed by atoms with Crippen LogP contribution in [0, 0.1) is 6.92 Å². The highest BCUT2D eigenvalue weighted by Gasteiger charge is 2.20. The molecule has 0 saturated carbocycles. The summed E-state index contributed by atoms with van der Waals surface area (Å²) in [6, 6.07) is 3.90. The third-order valence-corrected chi connectivity index (χ3v) is 4.24. The van der Waals surface area contributed by atoms with Gasteiger partial charge in [0.2, 0.25) is 0 Å². The van der Waals surface area contributed by atoms with Crippen molar-refractivity contribution in [1.29, 1.82) is 0 Å². The quantitative estimate of drug-likeness (QED) is 0.802. The van der Waals surface area contributed by atoms with E-state index in [0.717, 1.165) is 54.5 Å². The van der Waals surface area contributed by atoms with Gasteiger partial charge < -0.3 is 4.98 Å². The second-order valence-electron chi connectivity index (χ2n) is 5.84. The first-order valence-corrected chi connectivity index (χ1v) is 7.76. The molecule has 6 nitrogen and oxygen atoms in total. The van der Waals surface area contributed by atoms with E-state index >= 15 is 0 Å². The van der Waals surface area contributed by atoms with Crippen LogP contribution in [0.5, 0.6) is 0 Å². The van der Waals surface area contributed by atoms with Gasteiger partial charge in [0.05, 0.1) is 17.7 Å². The lowest BCUT2D eigenvalue weighted by Gasteiger charge is -2.27. The van der Waals surface area contributed by atoms with Gasteiger partial charge in [-0.3, -0.25) is 9.88 Å². The van der Waals surface area contributed by atoms with Crippen molar-refractivity contribution in [1.82, 2.24) is 29.8 Å². The lowest BCUT2D eigenvalue weighted by Crippen LogP contribution is -2.31. The van der Waals surface area contributed by atoms with E-state index in [1.807, 2.05) is 18.3 Å². The zero-order chi connectivity index (χ0) is 15.6. The van der Waals surface area contributed by atoms with E-state index in [-0.39, 0.29) is 0 Å². The molecular formula is C17H18N6. The largest absolute Gasteiger partial charge is 0.348 e. The second-order valence-corrected chi connectivity index (χ2v) is 5.84. The van der Waals surface area contributed by atoms with Crippen LogP contribution in [0.25, 0.3) is 11.4 Å². The lowest BCUT2D eigenvalue weighted by molar-refractivity contribution is 0.240. The standard InChI is InChI=1S/C17H18N6/c1-12-16(21-11-20-12)10-23-6-4-15-14(9-23)8-19-17(22-15)13-3-2-5-18-7-13/h2-3,5,7-8,11H,4,6,9-10H2,1H3,(H,20,21). The molecule has 1 N–H and O–H groups in total. The van der Waals surface area contributed by atoms with Crippen molar-refractivity contribution in [3.8, 4) is 11.4 Å². The number of nitrogens with zero attached hydrogens (tertiary/aromatic N) is 5. The van der Waals surface area contributed by atoms with E-state index in [2.05, 4.69) is 31.8 Å². The molecule has 0 unspecified atom stereocenters. The molecule has 0 atom stereocenters. The predicted molar refractivity (Wildman–Crippen MR) is 86.4 cm³/mol. The number of pyridine rings is 1. The van der Waals surface area contributed by atoms with Crippen molar-refractivity contribution < 1.29 is 0 Å². The van der Waals surface area contributed by atoms with Crippen LogP contribution in [-0.2, 0) is 19.5 Å². The highest BCUT2D eigenvalue weighted by Crippen LogP contribution is 2.21. The average molecular weight is 306 g/mol. The molecule has 0 bridgehead atoms. The third kappa shape index (κ3) is 2.85. The maximum Gasteiger partial charge on any atom is 0.160 e. The fourth-order valence-electron chi connectivity index (χ4n) is 2.90. The summed E-state index contributed by atoms with van der Waals surface area (Å²) in [7, 11) is 0. The van der Waals surface area contributed by atoms with E-state index < -0.39 is 0 Å². The van der Waals surface area contributed by atoms with Crippen LogP contribution in [0.4, 0.5) is 0 Å². The van der Waals surface area contributed by atoms with Crippen LogP contribution in [0.3, 0.4) is 0 Å². The Labute approximate surface area is 134 Å². The molecule has 4 rings (SSSR count). The van der Waals surface area contributed by atoms with Crippen molar-refractivity contribution in [2.24, 2.45) is 0 Å². The SMILES string of the molecule is Cc1[nH]cnc1CN1CCc2nc(-c3cccnc3)ncc2C1. The predicted octanol–water partition coefficient (Wildman–Crippen LogP) is 2.13. The molecule has 1 aliphatic heterocycles. The summed E-state index contributed by atoms with van der Waals surface area (Å²) >= 11 is 0. The molecule has 0 aromatic carbocycles. The number of aromatic amines is 1. The summed E-state index contributed by atoms with van der Waals surface area (Å²) in [6.45, 7) is 4.78. The average Bonchev–Trinajstić information content (AvgIpc) is 3.00. The Morgan fingerprint density at radius 2 is 2.22 bits per heavy atom. The number of aryl methyl sites for hydroxylation is 1. The monoisotopic (exact) mass is 306 g/mol. The molecule has 3 aromatic rings. The van der Waals surface area contributed by atoms with Crippen LogP contribution < -0.4 is 0 Å². The smallest absolute Gasteiger partial charge is 0.160 e. The number of fused-ring (bicyclic) bond motifs is 1. The summed E-state index contributed by atoms with van der Waals surface area (Å²) < 4.78 is 0. The summed E-state index contributed by atoms with van der Waals surface area (Å²) in [5.74, 6) is 0.758. The van der Waals surface area contributed by atoms with Crippen molar-refractivity contribution in [3.05, 3.63) is 59.7 Å². The maximum atomic E-state index is 4.73. The van der Waals surface area contributed by atoms with Crippen LogP contribution in [0.15, 0.2) is 37.1 Å². The van der Waals surface area contributed by atoms with Gasteiger partial charge in [-0.25, -0.2) is 15.0 Å². The Hall–Kier alpha value is -2.60. The molecule has 0 amide bonds. The normalized spacial score (nSPS) is 14.7. The zero-order valence-electron chi connectivity index (χ0n) is 13.0. The maximum absolute atomic E-state index is 4.73. The molecular weight excluding hydrogens is 288 g/mol. The minimum absolute atomic E-state index is 0.758. The summed E-state index contributed by atoms with van der Waals surface area (Å²) in [5, 5.41) is 0. The summed E-state index contributed by atoms with van der Waals surface area (Å²) in [6.07, 6.45) is 8.21. The fourth-order valence-corrected chi connectivity index (χ4v) is 2.90. The second kappa shape index (κ2) is 5.89. The van der Waals surface area contributed by atoms with Gasteiger partial charge in [0, 0.05) is 61.5 Å². The fraction of sp³-hybridized carbons (Fsp3) is 0.294. The van der Waals surface area contributed by atoms with Crippen LogP contribution in [0.1, 0.15) is 22.6 Å². The van der Waals surface area contributed by atoms with Crippen LogP contribution in [0.2, 0.25) is 0 Å². The Morgan fingerprint density at radius 3 is 3.00 bits per heavy atom. The Morgan fingerprint density at radius 1 is 1.26 bits per heavy atom. The molecule has 0 fully saturated rings. The minimum Gasteiger partial charge on any atom is -0.348 e. The lowest BCUT2D eigenvalue weighted by atomic mass is 10.1. The third-order valence-electron chi connectivity index (χ3n) is 4.24. The van der Waals surface area contributed by atoms with Gasteiger partial charge in [-0.15, -0.1) is 0 Å². The van der Waals surface area contributed by atoms with Crippen molar-refractivity contribution in [2.75, 3.05) is 6.54 Å². The van der Waals surface area contributed by atoms with Gasteiger partial charge in [-0.2, -0.15) is 0 Å². The molecule has 116 valence electrons. The van der Waals surface area contributed by atoms with E-state index in [4.69, 9.17) is 4.98 Å². The first kappa shape index (κ1) is 14.0. The van der Waals surface area contributed by atoms with E-state index in [1.165, 1.54) is 5.56 Å². The molecule has 23 heavy (non-hydrogen) atoms. The zero-order valence-corrected chi connectivity index (χ0v) is 13.0.